The predicted molar refractivity (Wildman–Crippen MR) is 142 cm³/mol. The van der Waals surface area contributed by atoms with Crippen LogP contribution in [-0.4, -0.2) is 48.0 Å². The number of piperidine rings is 1. The molecule has 3 aromatic rings. The quantitative estimate of drug-likeness (QED) is 0.282. The fourth-order valence-electron chi connectivity index (χ4n) is 4.93. The lowest BCUT2D eigenvalue weighted by molar-refractivity contribution is 0.287. The Kier molecular flexibility index (Phi) is 6.92. The van der Waals surface area contributed by atoms with E-state index in [1.165, 1.54) is 6.07 Å². The van der Waals surface area contributed by atoms with Gasteiger partial charge in [-0.25, -0.2) is 18.7 Å². The second-order valence-electron chi connectivity index (χ2n) is 9.70. The number of nitrogen functional groups attached to an aromatic ring is 1. The molecule has 194 valence electrons. The van der Waals surface area contributed by atoms with Gasteiger partial charge in [-0.15, -0.1) is 0 Å². The van der Waals surface area contributed by atoms with Crippen LogP contribution in [0, 0.1) is 23.0 Å². The summed E-state index contributed by atoms with van der Waals surface area (Å²) in [4.78, 5) is 10.5. The first-order valence-electron chi connectivity index (χ1n) is 12.5. The number of benzene rings is 2. The first-order valence-corrected chi connectivity index (χ1v) is 12.5. The highest BCUT2D eigenvalue weighted by atomic mass is 19.1. The molecule has 0 aliphatic carbocycles. The SMILES string of the molecule is CC(C)N1CCOc2c(F)cc(-c3nc(Nc4ccc(N)c(C(=N)C5CCNCC5)c4)ncc3F)cc21. The van der Waals surface area contributed by atoms with E-state index < -0.39 is 11.6 Å². The fraction of sp³-hybridized carbons (Fsp3) is 0.370. The molecule has 8 nitrogen and oxygen atoms in total. The maximum Gasteiger partial charge on any atom is 0.227 e. The normalized spacial score (nSPS) is 15.9. The number of ether oxygens (including phenoxy) is 1. The summed E-state index contributed by atoms with van der Waals surface area (Å²) in [7, 11) is 0. The van der Waals surface area contributed by atoms with Gasteiger partial charge in [-0.3, -0.25) is 0 Å². The number of fused-ring (bicyclic) bond motifs is 1. The van der Waals surface area contributed by atoms with Crippen LogP contribution in [0.15, 0.2) is 36.5 Å². The van der Waals surface area contributed by atoms with E-state index in [9.17, 15) is 8.78 Å². The first-order chi connectivity index (χ1) is 17.8. The van der Waals surface area contributed by atoms with Crippen molar-refractivity contribution in [2.24, 2.45) is 5.92 Å². The second-order valence-corrected chi connectivity index (χ2v) is 9.70. The molecule has 3 heterocycles. The Hall–Kier alpha value is -3.79. The van der Waals surface area contributed by atoms with Crippen LogP contribution >= 0.6 is 0 Å². The number of rotatable bonds is 6. The van der Waals surface area contributed by atoms with Crippen molar-refractivity contribution < 1.29 is 13.5 Å². The lowest BCUT2D eigenvalue weighted by Gasteiger charge is -2.34. The second kappa shape index (κ2) is 10.3. The van der Waals surface area contributed by atoms with Gasteiger partial charge in [0.05, 0.1) is 18.4 Å². The summed E-state index contributed by atoms with van der Waals surface area (Å²) in [5.74, 6) is -0.771. The van der Waals surface area contributed by atoms with Gasteiger partial charge < -0.3 is 31.4 Å². The number of hydrogen-bond donors (Lipinski definition) is 4. The lowest BCUT2D eigenvalue weighted by Crippen LogP contribution is -2.38. The van der Waals surface area contributed by atoms with Crippen molar-refractivity contribution in [2.75, 3.05) is 42.2 Å². The van der Waals surface area contributed by atoms with Gasteiger partial charge >= 0.3 is 0 Å². The van der Waals surface area contributed by atoms with Crippen molar-refractivity contribution in [3.8, 4) is 17.0 Å². The number of nitrogens with zero attached hydrogens (tertiary/aromatic N) is 3. The zero-order valence-corrected chi connectivity index (χ0v) is 20.9. The van der Waals surface area contributed by atoms with Gasteiger partial charge in [0.1, 0.15) is 12.3 Å². The van der Waals surface area contributed by atoms with Gasteiger partial charge in [0.15, 0.2) is 17.4 Å². The number of aromatic nitrogens is 2. The summed E-state index contributed by atoms with van der Waals surface area (Å²) < 4.78 is 35.4. The zero-order chi connectivity index (χ0) is 26.1. The van der Waals surface area contributed by atoms with Crippen molar-refractivity contribution >= 4 is 28.7 Å². The average Bonchev–Trinajstić information content (AvgIpc) is 2.90. The predicted octanol–water partition coefficient (Wildman–Crippen LogP) is 4.72. The van der Waals surface area contributed by atoms with E-state index in [2.05, 4.69) is 20.6 Å². The first kappa shape index (κ1) is 24.9. The van der Waals surface area contributed by atoms with E-state index >= 15 is 0 Å². The molecule has 2 aliphatic rings. The molecule has 2 aliphatic heterocycles. The summed E-state index contributed by atoms with van der Waals surface area (Å²) >= 11 is 0. The van der Waals surface area contributed by atoms with Gasteiger partial charge in [-0.05, 0) is 70.1 Å². The van der Waals surface area contributed by atoms with Crippen molar-refractivity contribution in [2.45, 2.75) is 32.7 Å². The number of anilines is 4. The zero-order valence-electron chi connectivity index (χ0n) is 20.9. The third kappa shape index (κ3) is 5.06. The Balaban J connectivity index is 1.45. The van der Waals surface area contributed by atoms with Crippen molar-refractivity contribution in [3.63, 3.8) is 0 Å². The maximum atomic E-state index is 15.0. The van der Waals surface area contributed by atoms with E-state index in [1.54, 1.807) is 24.3 Å². The minimum atomic E-state index is -0.664. The number of nitrogens with two attached hydrogens (primary N) is 1. The monoisotopic (exact) mass is 507 g/mol. The van der Waals surface area contributed by atoms with E-state index in [0.717, 1.165) is 32.1 Å². The smallest absolute Gasteiger partial charge is 0.227 e. The average molecular weight is 508 g/mol. The lowest BCUT2D eigenvalue weighted by atomic mass is 9.88. The Morgan fingerprint density at radius 1 is 1.19 bits per heavy atom. The minimum absolute atomic E-state index is 0.0217. The molecule has 37 heavy (non-hydrogen) atoms. The highest BCUT2D eigenvalue weighted by Crippen LogP contribution is 2.39. The van der Waals surface area contributed by atoms with Crippen LogP contribution < -0.4 is 26.0 Å². The molecule has 1 saturated heterocycles. The molecular formula is C27H31F2N7O. The molecule has 1 fully saturated rings. The van der Waals surface area contributed by atoms with E-state index in [4.69, 9.17) is 15.9 Å². The summed E-state index contributed by atoms with van der Waals surface area (Å²) in [6, 6.07) is 8.35. The van der Waals surface area contributed by atoms with E-state index in [0.29, 0.717) is 47.1 Å². The molecule has 0 saturated carbocycles. The molecule has 5 rings (SSSR count). The number of nitrogens with one attached hydrogen (secondary N) is 3. The van der Waals surface area contributed by atoms with Gasteiger partial charge in [0, 0.05) is 40.2 Å². The highest BCUT2D eigenvalue weighted by molar-refractivity contribution is 6.05. The number of hydrogen-bond acceptors (Lipinski definition) is 8. The number of halogens is 2. The van der Waals surface area contributed by atoms with Gasteiger partial charge in [-0.1, -0.05) is 0 Å². The van der Waals surface area contributed by atoms with E-state index in [1.807, 2.05) is 18.7 Å². The summed E-state index contributed by atoms with van der Waals surface area (Å²) in [6.45, 7) is 6.77. The standard InChI is InChI=1S/C27H31F2N7O/c1-15(2)36-9-10-37-26-20(28)11-17(12-23(26)36)25-21(29)14-33-27(35-25)34-18-3-4-22(30)19(13-18)24(31)16-5-7-32-8-6-16/h3-4,11-16,31-32H,5-10,30H2,1-2H3,(H,33,34,35). The molecule has 1 aromatic heterocycles. The van der Waals surface area contributed by atoms with Crippen LogP contribution in [0.5, 0.6) is 5.75 Å². The Morgan fingerprint density at radius 3 is 2.73 bits per heavy atom. The molecule has 0 bridgehead atoms. The van der Waals surface area contributed by atoms with Crippen LogP contribution in [0.4, 0.5) is 31.8 Å². The third-order valence-electron chi connectivity index (χ3n) is 6.90. The van der Waals surface area contributed by atoms with Crippen molar-refractivity contribution in [1.29, 1.82) is 5.41 Å². The van der Waals surface area contributed by atoms with Crippen molar-refractivity contribution in [3.05, 3.63) is 53.7 Å². The summed E-state index contributed by atoms with van der Waals surface area (Å²) in [6.07, 6.45) is 2.84. The van der Waals surface area contributed by atoms with Crippen LogP contribution in [0.3, 0.4) is 0 Å². The molecule has 5 N–H and O–H groups in total. The summed E-state index contributed by atoms with van der Waals surface area (Å²) in [5, 5.41) is 15.1. The van der Waals surface area contributed by atoms with Crippen LogP contribution in [0.2, 0.25) is 0 Å². The topological polar surface area (TPSA) is 112 Å². The van der Waals surface area contributed by atoms with E-state index in [-0.39, 0.29) is 29.4 Å². The Morgan fingerprint density at radius 2 is 1.97 bits per heavy atom. The largest absolute Gasteiger partial charge is 0.486 e. The molecule has 0 amide bonds. The maximum absolute atomic E-state index is 15.0. The van der Waals surface area contributed by atoms with Crippen molar-refractivity contribution in [1.82, 2.24) is 15.3 Å². The molecule has 2 aromatic carbocycles. The molecule has 0 atom stereocenters. The highest BCUT2D eigenvalue weighted by Gasteiger charge is 2.26. The minimum Gasteiger partial charge on any atom is -0.486 e. The van der Waals surface area contributed by atoms with Gasteiger partial charge in [0.2, 0.25) is 5.95 Å². The molecule has 0 spiro atoms. The van der Waals surface area contributed by atoms with Gasteiger partial charge in [-0.2, -0.15) is 0 Å². The Bertz CT molecular complexity index is 1320. The summed E-state index contributed by atoms with van der Waals surface area (Å²) in [5.41, 5.74) is 9.35. The fourth-order valence-corrected chi connectivity index (χ4v) is 4.93. The van der Waals surface area contributed by atoms with Crippen LogP contribution in [0.1, 0.15) is 32.3 Å². The molecular weight excluding hydrogens is 476 g/mol. The van der Waals surface area contributed by atoms with Gasteiger partial charge in [0.25, 0.3) is 0 Å². The molecule has 0 unspecified atom stereocenters. The van der Waals surface area contributed by atoms with Crippen LogP contribution in [0.25, 0.3) is 11.3 Å². The molecule has 0 radical (unpaired) electrons. The Labute approximate surface area is 214 Å². The third-order valence-corrected chi connectivity index (χ3v) is 6.90. The molecule has 10 heteroatoms. The van der Waals surface area contributed by atoms with Crippen LogP contribution in [-0.2, 0) is 0 Å².